The predicted octanol–water partition coefficient (Wildman–Crippen LogP) is 4.78. The van der Waals surface area contributed by atoms with Crippen LogP contribution in [0.2, 0.25) is 5.02 Å². The van der Waals surface area contributed by atoms with Gasteiger partial charge in [-0.05, 0) is 42.8 Å². The lowest BCUT2D eigenvalue weighted by molar-refractivity contribution is 0.169. The van der Waals surface area contributed by atoms with Crippen molar-refractivity contribution in [1.82, 2.24) is 15.0 Å². The van der Waals surface area contributed by atoms with Crippen LogP contribution in [-0.4, -0.2) is 44.7 Å². The number of rotatable bonds is 8. The molecule has 0 bridgehead atoms. The fourth-order valence-electron chi connectivity index (χ4n) is 3.56. The first-order chi connectivity index (χ1) is 16.5. The Morgan fingerprint density at radius 2 is 2.12 bits per heavy atom. The van der Waals surface area contributed by atoms with Crippen LogP contribution in [0, 0.1) is 0 Å². The van der Waals surface area contributed by atoms with Crippen LogP contribution >= 0.6 is 22.9 Å². The van der Waals surface area contributed by atoms with Gasteiger partial charge in [-0.1, -0.05) is 17.7 Å². The van der Waals surface area contributed by atoms with Gasteiger partial charge in [-0.25, -0.2) is 19.9 Å². The molecule has 1 aliphatic rings. The first kappa shape index (κ1) is 22.5. The number of anilines is 2. The van der Waals surface area contributed by atoms with Crippen LogP contribution in [0.4, 0.5) is 11.5 Å². The third-order valence-corrected chi connectivity index (χ3v) is 6.42. The lowest BCUT2D eigenvalue weighted by atomic mass is 10.1. The second-order valence-corrected chi connectivity index (χ2v) is 9.57. The summed E-state index contributed by atoms with van der Waals surface area (Å²) in [5, 5.41) is 17.0. The lowest BCUT2D eigenvalue weighted by Gasteiger charge is -2.12. The van der Waals surface area contributed by atoms with Gasteiger partial charge in [0, 0.05) is 29.1 Å². The molecule has 34 heavy (non-hydrogen) atoms. The first-order valence-electron chi connectivity index (χ1n) is 10.7. The van der Waals surface area contributed by atoms with E-state index in [0.717, 1.165) is 27.2 Å². The maximum atomic E-state index is 9.51. The Hall–Kier alpha value is -3.27. The van der Waals surface area contributed by atoms with Gasteiger partial charge in [0.2, 0.25) is 0 Å². The van der Waals surface area contributed by atoms with Gasteiger partial charge in [0.1, 0.15) is 41.7 Å². The number of aliphatic hydroxyl groups excluding tert-OH is 1. The number of aliphatic hydroxyl groups is 1. The molecule has 1 aliphatic heterocycles. The Kier molecular flexibility index (Phi) is 6.32. The molecule has 1 unspecified atom stereocenters. The zero-order chi connectivity index (χ0) is 23.5. The number of halogens is 1. The Labute approximate surface area is 205 Å². The van der Waals surface area contributed by atoms with E-state index in [1.165, 1.54) is 17.7 Å². The van der Waals surface area contributed by atoms with E-state index in [-0.39, 0.29) is 6.61 Å². The summed E-state index contributed by atoms with van der Waals surface area (Å²) in [4.78, 5) is 17.5. The summed E-state index contributed by atoms with van der Waals surface area (Å²) in [6.07, 6.45) is 3.79. The first-order valence-corrected chi connectivity index (χ1v) is 11.9. The van der Waals surface area contributed by atoms with Crippen molar-refractivity contribution in [3.05, 3.63) is 69.9 Å². The van der Waals surface area contributed by atoms with E-state index in [9.17, 15) is 5.11 Å². The van der Waals surface area contributed by atoms with E-state index in [2.05, 4.69) is 25.3 Å². The highest BCUT2D eigenvalue weighted by molar-refractivity contribution is 7.09. The second-order valence-electron chi connectivity index (χ2n) is 8.18. The summed E-state index contributed by atoms with van der Waals surface area (Å²) in [5.41, 5.74) is 2.02. The Balaban J connectivity index is 1.35. The monoisotopic (exact) mass is 495 g/mol. The number of benzene rings is 2. The smallest absolute Gasteiger partial charge is 0.188 e. The van der Waals surface area contributed by atoms with Crippen molar-refractivity contribution in [2.45, 2.75) is 25.5 Å². The molecule has 0 saturated heterocycles. The number of nitrogens with zero attached hydrogens (tertiary/aromatic N) is 4. The van der Waals surface area contributed by atoms with Crippen LogP contribution in [0.25, 0.3) is 10.9 Å². The third kappa shape index (κ3) is 4.96. The van der Waals surface area contributed by atoms with Crippen LogP contribution < -0.4 is 10.1 Å². The maximum absolute atomic E-state index is 9.51. The number of hydrogen-bond acceptors (Lipinski definition) is 9. The van der Waals surface area contributed by atoms with Crippen molar-refractivity contribution in [1.29, 1.82) is 0 Å². The van der Waals surface area contributed by atoms with Gasteiger partial charge >= 0.3 is 0 Å². The number of fused-ring (bicyclic) bond motifs is 1. The number of ether oxygens (including phenoxy) is 2. The molecule has 5 rings (SSSR count). The van der Waals surface area contributed by atoms with Gasteiger partial charge in [0.05, 0.1) is 17.1 Å². The van der Waals surface area contributed by atoms with E-state index in [1.54, 1.807) is 12.3 Å². The summed E-state index contributed by atoms with van der Waals surface area (Å²) in [7, 11) is 0. The van der Waals surface area contributed by atoms with Crippen molar-refractivity contribution >= 4 is 51.2 Å². The summed E-state index contributed by atoms with van der Waals surface area (Å²) in [6, 6.07) is 11.5. The largest absolute Gasteiger partial charge is 0.485 e. The maximum Gasteiger partial charge on any atom is 0.188 e. The van der Waals surface area contributed by atoms with E-state index < -0.39 is 5.54 Å². The molecule has 2 aromatic carbocycles. The minimum Gasteiger partial charge on any atom is -0.485 e. The molecule has 8 nitrogen and oxygen atoms in total. The van der Waals surface area contributed by atoms with Crippen LogP contribution in [0.15, 0.2) is 59.3 Å². The highest BCUT2D eigenvalue weighted by Crippen LogP contribution is 2.31. The van der Waals surface area contributed by atoms with Crippen molar-refractivity contribution in [3.63, 3.8) is 0 Å². The molecule has 0 fully saturated rings. The predicted molar refractivity (Wildman–Crippen MR) is 133 cm³/mol. The quantitative estimate of drug-likeness (QED) is 0.362. The average Bonchev–Trinajstić information content (AvgIpc) is 3.49. The number of aliphatic imine (C=N–C) groups is 1. The molecule has 4 aromatic rings. The van der Waals surface area contributed by atoms with Crippen LogP contribution in [-0.2, 0) is 17.8 Å². The number of aromatic nitrogens is 3. The summed E-state index contributed by atoms with van der Waals surface area (Å²) in [5.74, 6) is 1.86. The Morgan fingerprint density at radius 3 is 2.88 bits per heavy atom. The van der Waals surface area contributed by atoms with Crippen LogP contribution in [0.3, 0.4) is 0 Å². The molecule has 2 N–H and O–H groups in total. The van der Waals surface area contributed by atoms with Gasteiger partial charge in [-0.2, -0.15) is 0 Å². The topological polar surface area (TPSA) is 102 Å². The van der Waals surface area contributed by atoms with Crippen molar-refractivity contribution in [2.24, 2.45) is 4.99 Å². The fraction of sp³-hybridized carbons (Fsp3) is 0.250. The standard InChI is InChI=1S/C24H22ClN5O3S/c1-24(12-31)13-33-21(30-24)9-15-2-4-19-17(8-15)23(28-14-27-19)29-16-3-5-20(18(25)10-16)32-11-22-26-6-7-34-22/h2-8,10,14,31H,9,11-13H2,1H3,(H,27,28,29). The van der Waals surface area contributed by atoms with Crippen LogP contribution in [0.5, 0.6) is 5.75 Å². The van der Waals surface area contributed by atoms with Gasteiger partial charge in [-0.15, -0.1) is 11.3 Å². The van der Waals surface area contributed by atoms with Gasteiger partial charge in [0.15, 0.2) is 5.90 Å². The van der Waals surface area contributed by atoms with Crippen molar-refractivity contribution < 1.29 is 14.6 Å². The molecule has 0 radical (unpaired) electrons. The lowest BCUT2D eigenvalue weighted by Crippen LogP contribution is -2.28. The van der Waals surface area contributed by atoms with E-state index >= 15 is 0 Å². The van der Waals surface area contributed by atoms with Gasteiger partial charge < -0.3 is 19.9 Å². The summed E-state index contributed by atoms with van der Waals surface area (Å²) < 4.78 is 11.5. The Bertz CT molecular complexity index is 1350. The zero-order valence-electron chi connectivity index (χ0n) is 18.4. The third-order valence-electron chi connectivity index (χ3n) is 5.37. The zero-order valence-corrected chi connectivity index (χ0v) is 19.9. The molecule has 174 valence electrons. The SMILES string of the molecule is CC1(CO)COC(Cc2ccc3ncnc(Nc4ccc(OCc5nccs5)c(Cl)c4)c3c2)=N1. The van der Waals surface area contributed by atoms with E-state index in [0.29, 0.717) is 42.1 Å². The van der Waals surface area contributed by atoms with Crippen molar-refractivity contribution in [2.75, 3.05) is 18.5 Å². The molecule has 1 atom stereocenters. The minimum atomic E-state index is -0.572. The van der Waals surface area contributed by atoms with E-state index in [4.69, 9.17) is 21.1 Å². The molecule has 10 heteroatoms. The Morgan fingerprint density at radius 1 is 1.21 bits per heavy atom. The molecular weight excluding hydrogens is 474 g/mol. The molecule has 0 amide bonds. The second kappa shape index (κ2) is 9.54. The van der Waals surface area contributed by atoms with Crippen molar-refractivity contribution in [3.8, 4) is 5.75 Å². The molecule has 3 heterocycles. The highest BCUT2D eigenvalue weighted by atomic mass is 35.5. The van der Waals surface area contributed by atoms with Gasteiger partial charge in [-0.3, -0.25) is 0 Å². The highest BCUT2D eigenvalue weighted by Gasteiger charge is 2.30. The summed E-state index contributed by atoms with van der Waals surface area (Å²) in [6.45, 7) is 2.58. The molecule has 2 aromatic heterocycles. The number of hydrogen-bond donors (Lipinski definition) is 2. The molecule has 0 spiro atoms. The fourth-order valence-corrected chi connectivity index (χ4v) is 4.32. The van der Waals surface area contributed by atoms with Gasteiger partial charge in [0.25, 0.3) is 0 Å². The number of thiazole rings is 1. The molecule has 0 aliphatic carbocycles. The van der Waals surface area contributed by atoms with E-state index in [1.807, 2.05) is 42.6 Å². The minimum absolute atomic E-state index is 0.0482. The average molecular weight is 496 g/mol. The van der Waals surface area contributed by atoms with Crippen LogP contribution in [0.1, 0.15) is 17.5 Å². The summed E-state index contributed by atoms with van der Waals surface area (Å²) >= 11 is 7.98. The number of nitrogens with one attached hydrogen (secondary N) is 1. The molecular formula is C24H22ClN5O3S. The molecule has 0 saturated carbocycles. The normalized spacial score (nSPS) is 17.4.